The van der Waals surface area contributed by atoms with Crippen molar-refractivity contribution in [1.82, 2.24) is 14.7 Å². The highest BCUT2D eigenvalue weighted by Gasteiger charge is 2.35. The van der Waals surface area contributed by atoms with Crippen molar-refractivity contribution < 1.29 is 14.7 Å². The smallest absolute Gasteiger partial charge is 0.331 e. The van der Waals surface area contributed by atoms with Gasteiger partial charge in [0, 0.05) is 25.7 Å². The Kier molecular flexibility index (Phi) is 4.61. The van der Waals surface area contributed by atoms with Crippen LogP contribution in [0.4, 0.5) is 0 Å². The van der Waals surface area contributed by atoms with Crippen LogP contribution in [0.2, 0.25) is 0 Å². The standard InChI is InChI=1S/C19H23N3O3/c1-12-15(13(2)21(3)20-12)8-9-17(23)22-11-10-14-6-4-5-7-16(14)18(22)19(24)25/h4-7,18H,8-11H2,1-3H3,(H,24,25). The minimum Gasteiger partial charge on any atom is -0.479 e. The predicted octanol–water partition coefficient (Wildman–Crippen LogP) is 2.18. The van der Waals surface area contributed by atoms with E-state index in [1.807, 2.05) is 49.8 Å². The van der Waals surface area contributed by atoms with Crippen LogP contribution in [0.25, 0.3) is 0 Å². The normalized spacial score (nSPS) is 16.6. The molecule has 1 atom stereocenters. The molecule has 0 aliphatic carbocycles. The summed E-state index contributed by atoms with van der Waals surface area (Å²) in [5.41, 5.74) is 4.78. The maximum atomic E-state index is 12.8. The number of hydrogen-bond acceptors (Lipinski definition) is 3. The Morgan fingerprint density at radius 2 is 2.00 bits per heavy atom. The molecule has 1 amide bonds. The van der Waals surface area contributed by atoms with Gasteiger partial charge in [-0.2, -0.15) is 5.10 Å². The molecule has 0 bridgehead atoms. The molecule has 1 unspecified atom stereocenters. The van der Waals surface area contributed by atoms with Crippen molar-refractivity contribution in [2.24, 2.45) is 7.05 Å². The van der Waals surface area contributed by atoms with Crippen molar-refractivity contribution in [3.8, 4) is 0 Å². The van der Waals surface area contributed by atoms with Gasteiger partial charge in [-0.05, 0) is 43.4 Å². The second-order valence-electron chi connectivity index (χ2n) is 6.55. The molecule has 1 aliphatic heterocycles. The highest BCUT2D eigenvalue weighted by atomic mass is 16.4. The Morgan fingerprint density at radius 3 is 2.64 bits per heavy atom. The van der Waals surface area contributed by atoms with Crippen molar-refractivity contribution in [2.75, 3.05) is 6.54 Å². The van der Waals surface area contributed by atoms with Gasteiger partial charge in [0.05, 0.1) is 5.69 Å². The molecule has 0 radical (unpaired) electrons. The van der Waals surface area contributed by atoms with E-state index < -0.39 is 12.0 Å². The molecule has 6 nitrogen and oxygen atoms in total. The van der Waals surface area contributed by atoms with E-state index >= 15 is 0 Å². The summed E-state index contributed by atoms with van der Waals surface area (Å²) < 4.78 is 1.81. The molecule has 0 saturated carbocycles. The van der Waals surface area contributed by atoms with E-state index in [4.69, 9.17) is 0 Å². The summed E-state index contributed by atoms with van der Waals surface area (Å²) in [4.78, 5) is 26.1. The summed E-state index contributed by atoms with van der Waals surface area (Å²) in [6.07, 6.45) is 1.56. The first-order valence-electron chi connectivity index (χ1n) is 8.49. The van der Waals surface area contributed by atoms with Crippen LogP contribution >= 0.6 is 0 Å². The van der Waals surface area contributed by atoms with Crippen LogP contribution in [0, 0.1) is 13.8 Å². The molecule has 0 saturated heterocycles. The predicted molar refractivity (Wildman–Crippen MR) is 93.2 cm³/mol. The molecule has 1 aromatic heterocycles. The average molecular weight is 341 g/mol. The number of carboxylic acid groups (broad SMARTS) is 1. The van der Waals surface area contributed by atoms with E-state index in [2.05, 4.69) is 5.10 Å². The van der Waals surface area contributed by atoms with Crippen molar-refractivity contribution in [3.63, 3.8) is 0 Å². The first-order chi connectivity index (χ1) is 11.9. The number of fused-ring (bicyclic) bond motifs is 1. The van der Waals surface area contributed by atoms with Gasteiger partial charge in [-0.3, -0.25) is 9.48 Å². The Labute approximate surface area is 147 Å². The highest BCUT2D eigenvalue weighted by Crippen LogP contribution is 2.30. The molecule has 25 heavy (non-hydrogen) atoms. The maximum Gasteiger partial charge on any atom is 0.331 e. The molecule has 2 aromatic rings. The Hall–Kier alpha value is -2.63. The maximum absolute atomic E-state index is 12.8. The van der Waals surface area contributed by atoms with Crippen molar-refractivity contribution in [2.45, 2.75) is 39.2 Å². The summed E-state index contributed by atoms with van der Waals surface area (Å²) in [5, 5.41) is 14.0. The number of rotatable bonds is 4. The van der Waals surface area contributed by atoms with Crippen LogP contribution in [-0.2, 0) is 29.5 Å². The molecule has 2 heterocycles. The fourth-order valence-corrected chi connectivity index (χ4v) is 3.66. The summed E-state index contributed by atoms with van der Waals surface area (Å²) >= 11 is 0. The van der Waals surface area contributed by atoms with E-state index in [0.717, 1.165) is 28.1 Å². The third-order valence-corrected chi connectivity index (χ3v) is 5.09. The van der Waals surface area contributed by atoms with Gasteiger partial charge in [0.25, 0.3) is 0 Å². The third kappa shape index (κ3) is 3.16. The molecule has 1 N–H and O–H groups in total. The van der Waals surface area contributed by atoms with Gasteiger partial charge in [0.2, 0.25) is 5.91 Å². The number of aromatic nitrogens is 2. The van der Waals surface area contributed by atoms with Gasteiger partial charge in [-0.15, -0.1) is 0 Å². The van der Waals surface area contributed by atoms with Gasteiger partial charge in [-0.1, -0.05) is 24.3 Å². The lowest BCUT2D eigenvalue weighted by Crippen LogP contribution is -2.43. The lowest BCUT2D eigenvalue weighted by Gasteiger charge is -2.34. The monoisotopic (exact) mass is 341 g/mol. The number of carbonyl (C=O) groups is 2. The quantitative estimate of drug-likeness (QED) is 0.925. The second kappa shape index (κ2) is 6.70. The molecule has 0 fully saturated rings. The lowest BCUT2D eigenvalue weighted by molar-refractivity contribution is -0.151. The number of amides is 1. The van der Waals surface area contributed by atoms with Gasteiger partial charge in [0.15, 0.2) is 6.04 Å². The van der Waals surface area contributed by atoms with Crippen molar-refractivity contribution >= 4 is 11.9 Å². The van der Waals surface area contributed by atoms with E-state index in [1.165, 1.54) is 4.90 Å². The molecule has 1 aliphatic rings. The number of carbonyl (C=O) groups excluding carboxylic acids is 1. The molecule has 1 aromatic carbocycles. The largest absolute Gasteiger partial charge is 0.479 e. The van der Waals surface area contributed by atoms with Gasteiger partial charge >= 0.3 is 5.97 Å². The van der Waals surface area contributed by atoms with E-state index in [-0.39, 0.29) is 5.91 Å². The molecular formula is C19H23N3O3. The molecular weight excluding hydrogens is 318 g/mol. The van der Waals surface area contributed by atoms with Crippen LogP contribution in [0.1, 0.15) is 40.5 Å². The highest BCUT2D eigenvalue weighted by molar-refractivity contribution is 5.85. The molecule has 6 heteroatoms. The van der Waals surface area contributed by atoms with Gasteiger partial charge in [0.1, 0.15) is 0 Å². The van der Waals surface area contributed by atoms with Crippen molar-refractivity contribution in [1.29, 1.82) is 0 Å². The number of aryl methyl sites for hydroxylation is 2. The van der Waals surface area contributed by atoms with Crippen LogP contribution in [0.5, 0.6) is 0 Å². The number of hydrogen-bond donors (Lipinski definition) is 1. The lowest BCUT2D eigenvalue weighted by atomic mass is 9.92. The first-order valence-corrected chi connectivity index (χ1v) is 8.49. The fraction of sp³-hybridized carbons (Fsp3) is 0.421. The van der Waals surface area contributed by atoms with Crippen LogP contribution in [0.3, 0.4) is 0 Å². The summed E-state index contributed by atoms with van der Waals surface area (Å²) in [7, 11) is 1.88. The molecule has 132 valence electrons. The summed E-state index contributed by atoms with van der Waals surface area (Å²) in [5.74, 6) is -1.10. The number of benzene rings is 1. The summed E-state index contributed by atoms with van der Waals surface area (Å²) in [6.45, 7) is 4.36. The van der Waals surface area contributed by atoms with E-state index in [0.29, 0.717) is 25.8 Å². The van der Waals surface area contributed by atoms with Crippen LogP contribution < -0.4 is 0 Å². The van der Waals surface area contributed by atoms with Crippen molar-refractivity contribution in [3.05, 3.63) is 52.3 Å². The minimum absolute atomic E-state index is 0.121. The Balaban J connectivity index is 1.78. The van der Waals surface area contributed by atoms with Crippen LogP contribution in [-0.4, -0.2) is 38.2 Å². The fourth-order valence-electron chi connectivity index (χ4n) is 3.66. The van der Waals surface area contributed by atoms with Crippen LogP contribution in [0.15, 0.2) is 24.3 Å². The zero-order valence-electron chi connectivity index (χ0n) is 14.8. The molecule has 0 spiro atoms. The second-order valence-corrected chi connectivity index (χ2v) is 6.55. The third-order valence-electron chi connectivity index (χ3n) is 5.09. The number of aliphatic carboxylic acids is 1. The van der Waals surface area contributed by atoms with Gasteiger partial charge < -0.3 is 10.0 Å². The Morgan fingerprint density at radius 1 is 1.28 bits per heavy atom. The summed E-state index contributed by atoms with van der Waals surface area (Å²) in [6, 6.07) is 6.58. The minimum atomic E-state index is -0.978. The molecule has 3 rings (SSSR count). The first kappa shape index (κ1) is 17.2. The van der Waals surface area contributed by atoms with E-state index in [9.17, 15) is 14.7 Å². The Bertz CT molecular complexity index is 825. The SMILES string of the molecule is Cc1nn(C)c(C)c1CCC(=O)N1CCc2ccccc2C1C(=O)O. The number of nitrogens with zero attached hydrogens (tertiary/aromatic N) is 3. The number of carboxylic acids is 1. The zero-order chi connectivity index (χ0) is 18.1. The zero-order valence-corrected chi connectivity index (χ0v) is 14.8. The average Bonchev–Trinajstić information content (AvgIpc) is 2.83. The van der Waals surface area contributed by atoms with Gasteiger partial charge in [-0.25, -0.2) is 4.79 Å². The van der Waals surface area contributed by atoms with E-state index in [1.54, 1.807) is 0 Å². The topological polar surface area (TPSA) is 75.4 Å².